The van der Waals surface area contributed by atoms with Gasteiger partial charge in [-0.25, -0.2) is 13.9 Å². The minimum absolute atomic E-state index is 0.238. The molecule has 0 fully saturated rings. The average Bonchev–Trinajstić information content (AvgIpc) is 2.66. The van der Waals surface area contributed by atoms with Gasteiger partial charge in [0.05, 0.1) is 32.0 Å². The predicted molar refractivity (Wildman–Crippen MR) is 120 cm³/mol. The smallest absolute Gasteiger partial charge is 0.140 e. The molecule has 5 nitrogen and oxygen atoms in total. The highest BCUT2D eigenvalue weighted by atomic mass is 35.5. The zero-order valence-electron chi connectivity index (χ0n) is 16.7. The van der Waals surface area contributed by atoms with Crippen molar-refractivity contribution in [2.75, 3.05) is 0 Å². The molecule has 8 heteroatoms. The highest BCUT2D eigenvalue weighted by Crippen LogP contribution is 2.33. The number of ether oxygens (including phenoxy) is 1. The molecule has 0 aliphatic carbocycles. The van der Waals surface area contributed by atoms with E-state index in [0.29, 0.717) is 28.0 Å². The van der Waals surface area contributed by atoms with E-state index in [4.69, 9.17) is 27.9 Å². The van der Waals surface area contributed by atoms with Gasteiger partial charge in [0.1, 0.15) is 17.5 Å². The number of halogens is 2. The van der Waals surface area contributed by atoms with E-state index in [-0.39, 0.29) is 10.8 Å². The Labute approximate surface area is 183 Å². The fourth-order valence-corrected chi connectivity index (χ4v) is 3.96. The number of aromatic nitrogens is 2. The third-order valence-electron chi connectivity index (χ3n) is 4.26. The SMILES string of the molecule is C[C@H](NS(=O)C(C)(C)C)c1cc2cc(Cl)c(OCc3ccccn3)cc2nc1Cl. The van der Waals surface area contributed by atoms with Gasteiger partial charge in [-0.05, 0) is 52.0 Å². The van der Waals surface area contributed by atoms with Crippen LogP contribution in [0.25, 0.3) is 10.9 Å². The monoisotopic (exact) mass is 451 g/mol. The fraction of sp³-hybridized carbons (Fsp3) is 0.333. The van der Waals surface area contributed by atoms with Crippen molar-refractivity contribution in [3.05, 3.63) is 64.0 Å². The lowest BCUT2D eigenvalue weighted by molar-refractivity contribution is 0.302. The molecule has 1 N–H and O–H groups in total. The van der Waals surface area contributed by atoms with Crippen molar-refractivity contribution in [2.45, 2.75) is 45.1 Å². The Morgan fingerprint density at radius 1 is 1.21 bits per heavy atom. The Balaban J connectivity index is 1.85. The summed E-state index contributed by atoms with van der Waals surface area (Å²) in [4.78, 5) is 8.73. The first-order valence-corrected chi connectivity index (χ1v) is 11.1. The highest BCUT2D eigenvalue weighted by molar-refractivity contribution is 7.84. The second-order valence-corrected chi connectivity index (χ2v) is 10.4. The van der Waals surface area contributed by atoms with E-state index in [2.05, 4.69) is 14.7 Å². The summed E-state index contributed by atoms with van der Waals surface area (Å²) in [5.74, 6) is 0.515. The van der Waals surface area contributed by atoms with Gasteiger partial charge in [-0.3, -0.25) is 4.98 Å². The standard InChI is InChI=1S/C21H23Cl2N3O2S/c1-13(26-29(27)21(2,3)4)16-9-14-10-17(22)19(11-18(14)25-20(16)23)28-12-15-7-5-6-8-24-15/h5-11,13,26H,12H2,1-4H3/t13-,29?/m0/s1. The van der Waals surface area contributed by atoms with E-state index in [1.807, 2.05) is 52.0 Å². The lowest BCUT2D eigenvalue weighted by atomic mass is 10.1. The van der Waals surface area contributed by atoms with Gasteiger partial charge < -0.3 is 4.74 Å². The normalized spacial score (nSPS) is 14.0. The molecule has 0 aliphatic rings. The topological polar surface area (TPSA) is 64.1 Å². The number of rotatable bonds is 6. The summed E-state index contributed by atoms with van der Waals surface area (Å²) in [6.07, 6.45) is 1.71. The molecule has 154 valence electrons. The molecule has 0 amide bonds. The second kappa shape index (κ2) is 8.96. The summed E-state index contributed by atoms with van der Waals surface area (Å²) in [6, 6.07) is 10.9. The van der Waals surface area contributed by atoms with E-state index in [1.54, 1.807) is 18.3 Å². The molecule has 1 unspecified atom stereocenters. The number of hydrogen-bond donors (Lipinski definition) is 1. The zero-order chi connectivity index (χ0) is 21.2. The van der Waals surface area contributed by atoms with Gasteiger partial charge in [0.15, 0.2) is 0 Å². The highest BCUT2D eigenvalue weighted by Gasteiger charge is 2.23. The Morgan fingerprint density at radius 3 is 2.62 bits per heavy atom. The van der Waals surface area contributed by atoms with Crippen molar-refractivity contribution in [3.8, 4) is 5.75 Å². The Bertz CT molecular complexity index is 1040. The van der Waals surface area contributed by atoms with Crippen LogP contribution in [0.3, 0.4) is 0 Å². The Kier molecular flexibility index (Phi) is 6.79. The minimum atomic E-state index is -1.23. The van der Waals surface area contributed by atoms with Crippen LogP contribution < -0.4 is 9.46 Å². The summed E-state index contributed by atoms with van der Waals surface area (Å²) in [6.45, 7) is 7.95. The van der Waals surface area contributed by atoms with Crippen molar-refractivity contribution < 1.29 is 8.95 Å². The zero-order valence-corrected chi connectivity index (χ0v) is 19.0. The first-order chi connectivity index (χ1) is 13.6. The molecule has 0 saturated carbocycles. The third kappa shape index (κ3) is 5.45. The van der Waals surface area contributed by atoms with Crippen LogP contribution in [0, 0.1) is 0 Å². The summed E-state index contributed by atoms with van der Waals surface area (Å²) >= 11 is 12.8. The molecular weight excluding hydrogens is 429 g/mol. The lowest BCUT2D eigenvalue weighted by Gasteiger charge is -2.22. The van der Waals surface area contributed by atoms with Crippen LogP contribution in [0.15, 0.2) is 42.6 Å². The van der Waals surface area contributed by atoms with E-state index >= 15 is 0 Å². The molecule has 2 aromatic heterocycles. The number of fused-ring (bicyclic) bond motifs is 1. The molecule has 0 aliphatic heterocycles. The Hall–Kier alpha value is -1.73. The first kappa shape index (κ1) is 22.0. The fourth-order valence-electron chi connectivity index (χ4n) is 2.62. The number of benzene rings is 1. The molecule has 3 rings (SSSR count). The molecule has 29 heavy (non-hydrogen) atoms. The first-order valence-electron chi connectivity index (χ1n) is 9.15. The molecule has 2 atom stereocenters. The van der Waals surface area contributed by atoms with E-state index in [9.17, 15) is 4.21 Å². The predicted octanol–water partition coefficient (Wildman–Crippen LogP) is 5.63. The van der Waals surface area contributed by atoms with Crippen molar-refractivity contribution in [3.63, 3.8) is 0 Å². The van der Waals surface area contributed by atoms with Gasteiger partial charge in [-0.2, -0.15) is 0 Å². The molecule has 0 bridgehead atoms. The quantitative estimate of drug-likeness (QED) is 0.493. The lowest BCUT2D eigenvalue weighted by Crippen LogP contribution is -2.34. The summed E-state index contributed by atoms with van der Waals surface area (Å²) < 4.78 is 20.9. The van der Waals surface area contributed by atoms with Crippen molar-refractivity contribution in [1.82, 2.24) is 14.7 Å². The number of pyridine rings is 2. The van der Waals surface area contributed by atoms with Crippen LogP contribution in [0.1, 0.15) is 45.0 Å². The van der Waals surface area contributed by atoms with Crippen LogP contribution in [0.5, 0.6) is 5.75 Å². The number of nitrogens with one attached hydrogen (secondary N) is 1. The van der Waals surface area contributed by atoms with E-state index < -0.39 is 11.0 Å². The van der Waals surface area contributed by atoms with Crippen LogP contribution >= 0.6 is 23.2 Å². The molecule has 0 saturated heterocycles. The minimum Gasteiger partial charge on any atom is -0.486 e. The van der Waals surface area contributed by atoms with E-state index in [0.717, 1.165) is 16.6 Å². The van der Waals surface area contributed by atoms with Crippen molar-refractivity contribution in [2.24, 2.45) is 0 Å². The van der Waals surface area contributed by atoms with Gasteiger partial charge in [0, 0.05) is 29.3 Å². The van der Waals surface area contributed by atoms with Gasteiger partial charge in [0.2, 0.25) is 0 Å². The van der Waals surface area contributed by atoms with Crippen molar-refractivity contribution in [1.29, 1.82) is 0 Å². The summed E-state index contributed by atoms with van der Waals surface area (Å²) in [5.41, 5.74) is 2.23. The molecule has 3 aromatic rings. The molecular formula is C21H23Cl2N3O2S. The maximum absolute atomic E-state index is 12.4. The molecule has 0 radical (unpaired) electrons. The average molecular weight is 452 g/mol. The van der Waals surface area contributed by atoms with Crippen LogP contribution in [0.4, 0.5) is 0 Å². The van der Waals surface area contributed by atoms with Crippen molar-refractivity contribution >= 4 is 45.1 Å². The molecule has 1 aromatic carbocycles. The largest absolute Gasteiger partial charge is 0.486 e. The molecule has 0 spiro atoms. The second-order valence-electron chi connectivity index (χ2n) is 7.67. The molecule has 2 heterocycles. The Morgan fingerprint density at radius 2 is 1.97 bits per heavy atom. The summed E-state index contributed by atoms with van der Waals surface area (Å²) in [7, 11) is -1.23. The van der Waals surface area contributed by atoms with E-state index in [1.165, 1.54) is 0 Å². The number of nitrogens with zero attached hydrogens (tertiary/aromatic N) is 2. The van der Waals surface area contributed by atoms with Gasteiger partial charge in [-0.15, -0.1) is 0 Å². The van der Waals surface area contributed by atoms with Gasteiger partial charge in [-0.1, -0.05) is 29.3 Å². The van der Waals surface area contributed by atoms with Crippen LogP contribution in [-0.2, 0) is 17.6 Å². The van der Waals surface area contributed by atoms with Gasteiger partial charge in [0.25, 0.3) is 0 Å². The number of hydrogen-bond acceptors (Lipinski definition) is 4. The van der Waals surface area contributed by atoms with Crippen LogP contribution in [0.2, 0.25) is 10.2 Å². The maximum Gasteiger partial charge on any atom is 0.140 e. The third-order valence-corrected chi connectivity index (χ3v) is 6.54. The summed E-state index contributed by atoms with van der Waals surface area (Å²) in [5, 5.41) is 1.65. The van der Waals surface area contributed by atoms with Crippen LogP contribution in [-0.4, -0.2) is 18.9 Å². The maximum atomic E-state index is 12.4. The van der Waals surface area contributed by atoms with Gasteiger partial charge >= 0.3 is 0 Å².